The molecule has 2 aliphatic carbocycles. The molecule has 34 heavy (non-hydrogen) atoms. The number of aromatic nitrogens is 1. The Labute approximate surface area is 202 Å². The normalized spacial score (nSPS) is 18.8. The SMILES string of the molecule is COC(=O)c1ccc([C@H](C)NC(=O)C2(c3cc(OCC4CCCCC4)ccn3)CCCC2)cc1. The Morgan fingerprint density at radius 3 is 2.44 bits per heavy atom. The number of nitrogens with one attached hydrogen (secondary N) is 1. The van der Waals surface area contributed by atoms with Gasteiger partial charge in [0.1, 0.15) is 5.75 Å². The van der Waals surface area contributed by atoms with Crippen molar-refractivity contribution in [2.45, 2.75) is 76.2 Å². The Balaban J connectivity index is 1.46. The average Bonchev–Trinajstić information content (AvgIpc) is 3.39. The molecule has 6 heteroatoms. The number of pyridine rings is 1. The van der Waals surface area contributed by atoms with Gasteiger partial charge < -0.3 is 14.8 Å². The van der Waals surface area contributed by atoms with Crippen molar-refractivity contribution in [2.75, 3.05) is 13.7 Å². The van der Waals surface area contributed by atoms with E-state index in [4.69, 9.17) is 9.47 Å². The summed E-state index contributed by atoms with van der Waals surface area (Å²) in [6, 6.07) is 10.9. The number of benzene rings is 1. The van der Waals surface area contributed by atoms with Crippen LogP contribution in [0.3, 0.4) is 0 Å². The fraction of sp³-hybridized carbons (Fsp3) is 0.536. The van der Waals surface area contributed by atoms with Gasteiger partial charge in [0.05, 0.1) is 36.4 Å². The number of hydrogen-bond donors (Lipinski definition) is 1. The molecule has 1 aromatic carbocycles. The molecule has 6 nitrogen and oxygen atoms in total. The minimum Gasteiger partial charge on any atom is -0.493 e. The van der Waals surface area contributed by atoms with Gasteiger partial charge in [0, 0.05) is 12.3 Å². The topological polar surface area (TPSA) is 77.5 Å². The average molecular weight is 465 g/mol. The molecule has 1 aromatic heterocycles. The molecule has 0 radical (unpaired) electrons. The lowest BCUT2D eigenvalue weighted by atomic mass is 9.80. The summed E-state index contributed by atoms with van der Waals surface area (Å²) in [5.41, 5.74) is 1.60. The number of esters is 1. The highest BCUT2D eigenvalue weighted by Gasteiger charge is 2.44. The van der Waals surface area contributed by atoms with E-state index in [9.17, 15) is 9.59 Å². The first-order valence-corrected chi connectivity index (χ1v) is 12.6. The summed E-state index contributed by atoms with van der Waals surface area (Å²) < 4.78 is 10.9. The Kier molecular flexibility index (Phi) is 7.86. The van der Waals surface area contributed by atoms with E-state index in [1.807, 2.05) is 31.2 Å². The summed E-state index contributed by atoms with van der Waals surface area (Å²) in [5.74, 6) is 1.07. The fourth-order valence-corrected chi connectivity index (χ4v) is 5.35. The number of carbonyl (C=O) groups excluding carboxylic acids is 2. The van der Waals surface area contributed by atoms with E-state index in [1.54, 1.807) is 18.3 Å². The third kappa shape index (κ3) is 5.43. The van der Waals surface area contributed by atoms with Crippen molar-refractivity contribution < 1.29 is 19.1 Å². The van der Waals surface area contributed by atoms with Crippen molar-refractivity contribution in [1.29, 1.82) is 0 Å². The molecule has 0 unspecified atom stereocenters. The molecule has 2 fully saturated rings. The fourth-order valence-electron chi connectivity index (χ4n) is 5.35. The Hall–Kier alpha value is -2.89. The van der Waals surface area contributed by atoms with Crippen LogP contribution < -0.4 is 10.1 Å². The summed E-state index contributed by atoms with van der Waals surface area (Å²) in [7, 11) is 1.37. The summed E-state index contributed by atoms with van der Waals surface area (Å²) in [4.78, 5) is 30.0. The molecule has 0 bridgehead atoms. The van der Waals surface area contributed by atoms with Crippen LogP contribution in [0.5, 0.6) is 5.75 Å². The highest BCUT2D eigenvalue weighted by molar-refractivity contribution is 5.90. The molecule has 4 rings (SSSR count). The van der Waals surface area contributed by atoms with Crippen LogP contribution in [0.25, 0.3) is 0 Å². The first kappa shape index (κ1) is 24.2. The van der Waals surface area contributed by atoms with Gasteiger partial charge in [-0.1, -0.05) is 44.2 Å². The minimum absolute atomic E-state index is 0.00600. The third-order valence-electron chi connectivity index (χ3n) is 7.50. The molecule has 0 aliphatic heterocycles. The minimum atomic E-state index is -0.634. The third-order valence-corrected chi connectivity index (χ3v) is 7.50. The zero-order valence-corrected chi connectivity index (χ0v) is 20.3. The van der Waals surface area contributed by atoms with Gasteiger partial charge in [0.25, 0.3) is 0 Å². The van der Waals surface area contributed by atoms with Crippen molar-refractivity contribution in [3.63, 3.8) is 0 Å². The van der Waals surface area contributed by atoms with Crippen LogP contribution in [-0.4, -0.2) is 30.6 Å². The second-order valence-electron chi connectivity index (χ2n) is 9.79. The molecule has 1 N–H and O–H groups in total. The predicted octanol–water partition coefficient (Wildman–Crippen LogP) is 5.52. The van der Waals surface area contributed by atoms with Gasteiger partial charge in [-0.05, 0) is 62.3 Å². The zero-order chi connectivity index (χ0) is 24.0. The summed E-state index contributed by atoms with van der Waals surface area (Å²) in [6.07, 6.45) is 11.7. The standard InChI is InChI=1S/C28H36N2O4/c1-20(22-10-12-23(13-11-22)26(31)33-2)30-27(32)28(15-6-7-16-28)25-18-24(14-17-29-25)34-19-21-8-4-3-5-9-21/h10-14,17-18,20-21H,3-9,15-16,19H2,1-2H3,(H,30,32)/t20-/m0/s1. The van der Waals surface area contributed by atoms with Crippen LogP contribution in [0.1, 0.15) is 92.4 Å². The van der Waals surface area contributed by atoms with E-state index in [1.165, 1.54) is 39.2 Å². The van der Waals surface area contributed by atoms with Gasteiger partial charge in [-0.15, -0.1) is 0 Å². The second-order valence-corrected chi connectivity index (χ2v) is 9.79. The molecule has 2 saturated carbocycles. The van der Waals surface area contributed by atoms with Crippen LogP contribution in [0, 0.1) is 5.92 Å². The number of methoxy groups -OCH3 is 1. The smallest absolute Gasteiger partial charge is 0.337 e. The van der Waals surface area contributed by atoms with Gasteiger partial charge in [-0.2, -0.15) is 0 Å². The molecule has 1 atom stereocenters. The van der Waals surface area contributed by atoms with Crippen molar-refractivity contribution in [3.05, 3.63) is 59.4 Å². The first-order valence-electron chi connectivity index (χ1n) is 12.6. The quantitative estimate of drug-likeness (QED) is 0.521. The second kappa shape index (κ2) is 11.0. The van der Waals surface area contributed by atoms with E-state index >= 15 is 0 Å². The van der Waals surface area contributed by atoms with E-state index in [0.29, 0.717) is 11.5 Å². The van der Waals surface area contributed by atoms with E-state index in [0.717, 1.165) is 49.3 Å². The van der Waals surface area contributed by atoms with E-state index < -0.39 is 5.41 Å². The van der Waals surface area contributed by atoms with Gasteiger partial charge in [-0.3, -0.25) is 9.78 Å². The highest BCUT2D eigenvalue weighted by Crippen LogP contribution is 2.42. The molecular formula is C28H36N2O4. The molecule has 182 valence electrons. The Morgan fingerprint density at radius 2 is 1.76 bits per heavy atom. The van der Waals surface area contributed by atoms with Crippen LogP contribution in [-0.2, 0) is 14.9 Å². The van der Waals surface area contributed by atoms with Crippen molar-refractivity contribution in [1.82, 2.24) is 10.3 Å². The largest absolute Gasteiger partial charge is 0.493 e. The van der Waals surface area contributed by atoms with Crippen LogP contribution in [0.4, 0.5) is 0 Å². The van der Waals surface area contributed by atoms with Gasteiger partial charge in [0.15, 0.2) is 0 Å². The number of nitrogens with zero attached hydrogens (tertiary/aromatic N) is 1. The maximum absolute atomic E-state index is 13.6. The van der Waals surface area contributed by atoms with Crippen LogP contribution in [0.2, 0.25) is 0 Å². The first-order chi connectivity index (χ1) is 16.5. The lowest BCUT2D eigenvalue weighted by molar-refractivity contribution is -0.127. The molecule has 0 spiro atoms. The van der Waals surface area contributed by atoms with Crippen molar-refractivity contribution in [2.24, 2.45) is 5.92 Å². The molecular weight excluding hydrogens is 428 g/mol. The highest BCUT2D eigenvalue weighted by atomic mass is 16.5. The van der Waals surface area contributed by atoms with Crippen molar-refractivity contribution >= 4 is 11.9 Å². The van der Waals surface area contributed by atoms with Gasteiger partial charge in [0.2, 0.25) is 5.91 Å². The summed E-state index contributed by atoms with van der Waals surface area (Å²) >= 11 is 0. The maximum Gasteiger partial charge on any atom is 0.337 e. The van der Waals surface area contributed by atoms with Gasteiger partial charge in [-0.25, -0.2) is 4.79 Å². The Bertz CT molecular complexity index is 976. The van der Waals surface area contributed by atoms with Crippen molar-refractivity contribution in [3.8, 4) is 5.75 Å². The molecule has 2 aromatic rings. The molecule has 2 aliphatic rings. The molecule has 1 heterocycles. The number of rotatable bonds is 8. The lowest BCUT2D eigenvalue weighted by Gasteiger charge is -2.29. The summed E-state index contributed by atoms with van der Waals surface area (Å²) in [6.45, 7) is 2.70. The molecule has 0 saturated heterocycles. The lowest BCUT2D eigenvalue weighted by Crippen LogP contribution is -2.44. The number of carbonyl (C=O) groups is 2. The van der Waals surface area contributed by atoms with Crippen LogP contribution in [0.15, 0.2) is 42.6 Å². The van der Waals surface area contributed by atoms with Gasteiger partial charge >= 0.3 is 5.97 Å². The van der Waals surface area contributed by atoms with Crippen LogP contribution >= 0.6 is 0 Å². The van der Waals surface area contributed by atoms with E-state index in [-0.39, 0.29) is 17.9 Å². The predicted molar refractivity (Wildman–Crippen MR) is 131 cm³/mol. The van der Waals surface area contributed by atoms with E-state index in [2.05, 4.69) is 10.3 Å². The maximum atomic E-state index is 13.6. The molecule has 1 amide bonds. The monoisotopic (exact) mass is 464 g/mol. The zero-order valence-electron chi connectivity index (χ0n) is 20.3. The number of hydrogen-bond acceptors (Lipinski definition) is 5. The summed E-state index contributed by atoms with van der Waals surface area (Å²) in [5, 5.41) is 3.21. The number of amides is 1. The Morgan fingerprint density at radius 1 is 1.06 bits per heavy atom. The number of ether oxygens (including phenoxy) is 2.